The molecule has 4 aromatic rings. The molecule has 1 aliphatic rings. The molecule has 1 aliphatic heterocycles. The number of aromatic nitrogens is 4. The summed E-state index contributed by atoms with van der Waals surface area (Å²) < 4.78 is 4.13. The van der Waals surface area contributed by atoms with E-state index in [2.05, 4.69) is 42.4 Å². The molecule has 0 fully saturated rings. The molecule has 182 valence electrons. The molecule has 0 amide bonds. The van der Waals surface area contributed by atoms with Gasteiger partial charge in [-0.25, -0.2) is 0 Å². The SMILES string of the molecule is Cl.Cn1cccc1-c1nnc(SCCCN2CCc3ccc(C(=O)c4ccccc4)cc3C2)n1C. The summed E-state index contributed by atoms with van der Waals surface area (Å²) in [6, 6.07) is 19.8. The zero-order chi connectivity index (χ0) is 23.5. The lowest BCUT2D eigenvalue weighted by Gasteiger charge is -2.29. The van der Waals surface area contributed by atoms with Gasteiger partial charge in [0.25, 0.3) is 0 Å². The number of nitrogens with zero attached hydrogens (tertiary/aromatic N) is 5. The minimum absolute atomic E-state index is 0. The first-order valence-electron chi connectivity index (χ1n) is 11.7. The van der Waals surface area contributed by atoms with E-state index in [1.165, 1.54) is 11.1 Å². The molecule has 0 atom stereocenters. The molecule has 6 nitrogen and oxygen atoms in total. The highest BCUT2D eigenvalue weighted by Crippen LogP contribution is 2.25. The maximum Gasteiger partial charge on any atom is 0.193 e. The maximum absolute atomic E-state index is 12.9. The molecule has 0 radical (unpaired) electrons. The summed E-state index contributed by atoms with van der Waals surface area (Å²) in [4.78, 5) is 15.3. The number of benzene rings is 2. The summed E-state index contributed by atoms with van der Waals surface area (Å²) in [5.41, 5.74) is 5.23. The molecule has 0 unspecified atom stereocenters. The fourth-order valence-corrected chi connectivity index (χ4v) is 5.35. The van der Waals surface area contributed by atoms with Gasteiger partial charge in [-0.15, -0.1) is 22.6 Å². The molecule has 0 saturated carbocycles. The van der Waals surface area contributed by atoms with Crippen LogP contribution in [0.4, 0.5) is 0 Å². The van der Waals surface area contributed by atoms with Crippen LogP contribution >= 0.6 is 24.2 Å². The van der Waals surface area contributed by atoms with E-state index in [9.17, 15) is 4.79 Å². The second kappa shape index (κ2) is 11.2. The van der Waals surface area contributed by atoms with E-state index in [1.807, 2.05) is 62.8 Å². The molecule has 0 bridgehead atoms. The number of hydrogen-bond donors (Lipinski definition) is 0. The molecule has 0 aliphatic carbocycles. The van der Waals surface area contributed by atoms with Crippen LogP contribution in [-0.2, 0) is 27.1 Å². The predicted octanol–water partition coefficient (Wildman–Crippen LogP) is 5.01. The largest absolute Gasteiger partial charge is 0.348 e. The monoisotopic (exact) mass is 507 g/mol. The number of halogens is 1. The molecule has 0 N–H and O–H groups in total. The van der Waals surface area contributed by atoms with Gasteiger partial charge in [0.15, 0.2) is 16.8 Å². The maximum atomic E-state index is 12.9. The Morgan fingerprint density at radius 3 is 2.57 bits per heavy atom. The van der Waals surface area contributed by atoms with Crippen molar-refractivity contribution in [3.05, 3.63) is 89.1 Å². The van der Waals surface area contributed by atoms with Crippen LogP contribution in [0.2, 0.25) is 0 Å². The van der Waals surface area contributed by atoms with Gasteiger partial charge >= 0.3 is 0 Å². The molecule has 3 heterocycles. The number of aryl methyl sites for hydroxylation is 1. The number of carbonyl (C=O) groups excluding carboxylic acids is 1. The molecule has 0 spiro atoms. The van der Waals surface area contributed by atoms with Crippen LogP contribution in [0.25, 0.3) is 11.5 Å². The fourth-order valence-electron chi connectivity index (χ4n) is 4.51. The van der Waals surface area contributed by atoms with Crippen LogP contribution in [-0.4, -0.2) is 48.9 Å². The molecule has 35 heavy (non-hydrogen) atoms. The average Bonchev–Trinajstić information content (AvgIpc) is 3.46. The van der Waals surface area contributed by atoms with Gasteiger partial charge in [0, 0.05) is 50.3 Å². The van der Waals surface area contributed by atoms with E-state index < -0.39 is 0 Å². The van der Waals surface area contributed by atoms with Gasteiger partial charge in [0.1, 0.15) is 0 Å². The minimum Gasteiger partial charge on any atom is -0.348 e. The third-order valence-corrected chi connectivity index (χ3v) is 7.56. The van der Waals surface area contributed by atoms with Crippen molar-refractivity contribution in [1.82, 2.24) is 24.2 Å². The van der Waals surface area contributed by atoms with E-state index in [1.54, 1.807) is 11.8 Å². The van der Waals surface area contributed by atoms with Crippen LogP contribution in [0.5, 0.6) is 0 Å². The van der Waals surface area contributed by atoms with E-state index in [0.29, 0.717) is 0 Å². The second-order valence-corrected chi connectivity index (χ2v) is 9.84. The van der Waals surface area contributed by atoms with E-state index in [-0.39, 0.29) is 18.2 Å². The quantitative estimate of drug-likeness (QED) is 0.190. The Morgan fingerprint density at radius 2 is 1.80 bits per heavy atom. The molecule has 2 aromatic carbocycles. The third kappa shape index (κ3) is 5.53. The zero-order valence-corrected chi connectivity index (χ0v) is 21.7. The molecule has 8 heteroatoms. The molecule has 2 aromatic heterocycles. The summed E-state index contributed by atoms with van der Waals surface area (Å²) in [5, 5.41) is 9.73. The number of thioether (sulfide) groups is 1. The first-order valence-corrected chi connectivity index (χ1v) is 12.7. The first kappa shape index (κ1) is 25.2. The minimum atomic E-state index is 0. The number of carbonyl (C=O) groups is 1. The van der Waals surface area contributed by atoms with Crippen LogP contribution in [0.15, 0.2) is 72.0 Å². The Hall–Kier alpha value is -2.87. The van der Waals surface area contributed by atoms with Crippen molar-refractivity contribution in [3.63, 3.8) is 0 Å². The fraction of sp³-hybridized carbons (Fsp3) is 0.296. The lowest BCUT2D eigenvalue weighted by atomic mass is 9.94. The van der Waals surface area contributed by atoms with E-state index in [4.69, 9.17) is 0 Å². The van der Waals surface area contributed by atoms with Crippen molar-refractivity contribution in [3.8, 4) is 11.5 Å². The predicted molar refractivity (Wildman–Crippen MR) is 143 cm³/mol. The van der Waals surface area contributed by atoms with Gasteiger partial charge in [0.2, 0.25) is 0 Å². The van der Waals surface area contributed by atoms with Gasteiger partial charge in [-0.2, -0.15) is 0 Å². The molecule has 5 rings (SSSR count). The van der Waals surface area contributed by atoms with Gasteiger partial charge in [-0.3, -0.25) is 9.69 Å². The highest BCUT2D eigenvalue weighted by molar-refractivity contribution is 7.99. The molecular weight excluding hydrogens is 478 g/mol. The third-order valence-electron chi connectivity index (χ3n) is 6.45. The number of hydrogen-bond acceptors (Lipinski definition) is 5. The van der Waals surface area contributed by atoms with Gasteiger partial charge in [0.05, 0.1) is 5.69 Å². The van der Waals surface area contributed by atoms with E-state index in [0.717, 1.165) is 66.0 Å². The van der Waals surface area contributed by atoms with Crippen LogP contribution in [0.1, 0.15) is 33.5 Å². The highest BCUT2D eigenvalue weighted by Gasteiger charge is 2.19. The lowest BCUT2D eigenvalue weighted by Crippen LogP contribution is -2.31. The van der Waals surface area contributed by atoms with Gasteiger partial charge in [-0.05, 0) is 48.7 Å². The Kier molecular flexibility index (Phi) is 8.11. The average molecular weight is 508 g/mol. The Bertz CT molecular complexity index is 1300. The van der Waals surface area contributed by atoms with Crippen molar-refractivity contribution < 1.29 is 4.79 Å². The van der Waals surface area contributed by atoms with Gasteiger partial charge < -0.3 is 9.13 Å². The summed E-state index contributed by atoms with van der Waals surface area (Å²) in [7, 11) is 4.05. The van der Waals surface area contributed by atoms with Crippen LogP contribution in [0.3, 0.4) is 0 Å². The number of fused-ring (bicyclic) bond motifs is 1. The summed E-state index contributed by atoms with van der Waals surface area (Å²) in [6.07, 6.45) is 4.13. The number of ketones is 1. The van der Waals surface area contributed by atoms with Crippen molar-refractivity contribution in [2.45, 2.75) is 24.5 Å². The Morgan fingerprint density at radius 1 is 0.971 bits per heavy atom. The molecular formula is C27H30ClN5OS. The van der Waals surface area contributed by atoms with Gasteiger partial charge in [-0.1, -0.05) is 54.2 Å². The van der Waals surface area contributed by atoms with Crippen molar-refractivity contribution in [1.29, 1.82) is 0 Å². The normalized spacial score (nSPS) is 13.3. The van der Waals surface area contributed by atoms with Crippen molar-refractivity contribution in [2.75, 3.05) is 18.8 Å². The van der Waals surface area contributed by atoms with Crippen molar-refractivity contribution >= 4 is 30.0 Å². The smallest absolute Gasteiger partial charge is 0.193 e. The summed E-state index contributed by atoms with van der Waals surface area (Å²) in [6.45, 7) is 2.99. The van der Waals surface area contributed by atoms with E-state index >= 15 is 0 Å². The van der Waals surface area contributed by atoms with Crippen LogP contribution < -0.4 is 0 Å². The van der Waals surface area contributed by atoms with Crippen molar-refractivity contribution in [2.24, 2.45) is 14.1 Å². The van der Waals surface area contributed by atoms with Crippen LogP contribution in [0, 0.1) is 0 Å². The highest BCUT2D eigenvalue weighted by atomic mass is 35.5. The number of rotatable bonds is 8. The zero-order valence-electron chi connectivity index (χ0n) is 20.1. The first-order chi connectivity index (χ1) is 16.6. The Labute approximate surface area is 216 Å². The topological polar surface area (TPSA) is 56.0 Å². The lowest BCUT2D eigenvalue weighted by molar-refractivity contribution is 0.103. The Balaban J connectivity index is 0.00000289. The standard InChI is InChI=1S/C27H29N5OS.ClH/c1-30-14-6-10-24(30)26-28-29-27(31(26)2)34-17-7-15-32-16-13-20-11-12-22(18-23(20)19-32)25(33)21-8-4-3-5-9-21;/h3-6,8-12,14,18H,7,13,15-17,19H2,1-2H3;1H. The molecule has 0 saturated heterocycles. The summed E-state index contributed by atoms with van der Waals surface area (Å²) in [5.74, 6) is 1.98. The second-order valence-electron chi connectivity index (χ2n) is 8.78. The summed E-state index contributed by atoms with van der Waals surface area (Å²) >= 11 is 1.76.